The van der Waals surface area contributed by atoms with E-state index in [0.717, 1.165) is 24.8 Å². The van der Waals surface area contributed by atoms with E-state index >= 15 is 0 Å². The average molecular weight is 442 g/mol. The van der Waals surface area contributed by atoms with Crippen molar-refractivity contribution in [1.82, 2.24) is 5.32 Å². The predicted molar refractivity (Wildman–Crippen MR) is 130 cm³/mol. The van der Waals surface area contributed by atoms with Crippen LogP contribution in [-0.2, 0) is 0 Å². The highest BCUT2D eigenvalue weighted by atomic mass is 16.5. The Bertz CT molecular complexity index is 758. The maximum absolute atomic E-state index is 11.3. The molecular formula is C27H39NO4. The standard InChI is InChI=1S/C27H39NO4/c1-2-3-4-5-6-7-8-9-10-11-12-13-26(28-27(30)31)22-14-18-24(19-15-22)32-25-20-16-23(29)17-21-25/h14-21,26,28-29H,2-13H2,1H3,(H,30,31). The van der Waals surface area contributed by atoms with Gasteiger partial charge in [0.15, 0.2) is 0 Å². The SMILES string of the molecule is CCCCCCCCCCCCCC(NC(=O)O)c1ccc(Oc2ccc(O)cc2)cc1. The summed E-state index contributed by atoms with van der Waals surface area (Å²) in [6.45, 7) is 2.25. The number of unbranched alkanes of at least 4 members (excludes halogenated alkanes) is 10. The summed E-state index contributed by atoms with van der Waals surface area (Å²) < 4.78 is 5.77. The molecule has 1 unspecified atom stereocenters. The fourth-order valence-electron chi connectivity index (χ4n) is 3.90. The highest BCUT2D eigenvalue weighted by molar-refractivity contribution is 5.65. The molecule has 0 spiro atoms. The minimum absolute atomic E-state index is 0.192. The third-order valence-corrected chi connectivity index (χ3v) is 5.75. The molecule has 5 heteroatoms. The minimum Gasteiger partial charge on any atom is -0.508 e. The van der Waals surface area contributed by atoms with Crippen molar-refractivity contribution in [3.8, 4) is 17.2 Å². The third kappa shape index (κ3) is 10.6. The van der Waals surface area contributed by atoms with Gasteiger partial charge < -0.3 is 20.3 Å². The van der Waals surface area contributed by atoms with Crippen molar-refractivity contribution < 1.29 is 19.7 Å². The van der Waals surface area contributed by atoms with Crippen LogP contribution in [0.5, 0.6) is 17.2 Å². The van der Waals surface area contributed by atoms with Crippen molar-refractivity contribution in [3.63, 3.8) is 0 Å². The van der Waals surface area contributed by atoms with Gasteiger partial charge in [0.2, 0.25) is 0 Å². The highest BCUT2D eigenvalue weighted by Crippen LogP contribution is 2.27. The molecular weight excluding hydrogens is 402 g/mol. The number of hydrogen-bond acceptors (Lipinski definition) is 3. The molecule has 0 radical (unpaired) electrons. The van der Waals surface area contributed by atoms with Crippen LogP contribution >= 0.6 is 0 Å². The first-order valence-corrected chi connectivity index (χ1v) is 12.1. The monoisotopic (exact) mass is 441 g/mol. The number of phenols is 1. The van der Waals surface area contributed by atoms with Gasteiger partial charge in [0.25, 0.3) is 0 Å². The molecule has 0 saturated heterocycles. The van der Waals surface area contributed by atoms with E-state index in [0.29, 0.717) is 11.5 Å². The lowest BCUT2D eigenvalue weighted by molar-refractivity contribution is 0.189. The quantitative estimate of drug-likeness (QED) is 0.229. The molecule has 32 heavy (non-hydrogen) atoms. The van der Waals surface area contributed by atoms with Gasteiger partial charge in [0.05, 0.1) is 6.04 Å². The Hall–Kier alpha value is -2.69. The van der Waals surface area contributed by atoms with Crippen LogP contribution in [-0.4, -0.2) is 16.3 Å². The van der Waals surface area contributed by atoms with E-state index in [-0.39, 0.29) is 11.8 Å². The van der Waals surface area contributed by atoms with Gasteiger partial charge in [-0.1, -0.05) is 89.7 Å². The van der Waals surface area contributed by atoms with Crippen LogP contribution in [0.4, 0.5) is 4.79 Å². The van der Waals surface area contributed by atoms with Gasteiger partial charge in [-0.2, -0.15) is 0 Å². The Morgan fingerprint density at radius 1 is 0.781 bits per heavy atom. The molecule has 2 aromatic carbocycles. The van der Waals surface area contributed by atoms with Crippen LogP contribution in [0, 0.1) is 0 Å². The van der Waals surface area contributed by atoms with Crippen LogP contribution in [0.25, 0.3) is 0 Å². The summed E-state index contributed by atoms with van der Waals surface area (Å²) in [6, 6.07) is 13.8. The zero-order chi connectivity index (χ0) is 23.0. The number of carbonyl (C=O) groups is 1. The first kappa shape index (κ1) is 25.6. The van der Waals surface area contributed by atoms with Gasteiger partial charge >= 0.3 is 6.09 Å². The summed E-state index contributed by atoms with van der Waals surface area (Å²) >= 11 is 0. The molecule has 0 aliphatic heterocycles. The van der Waals surface area contributed by atoms with Gasteiger partial charge in [-0.25, -0.2) is 4.79 Å². The number of nitrogens with one attached hydrogen (secondary N) is 1. The van der Waals surface area contributed by atoms with Crippen molar-refractivity contribution in [1.29, 1.82) is 0 Å². The maximum atomic E-state index is 11.3. The van der Waals surface area contributed by atoms with Gasteiger partial charge in [-0.15, -0.1) is 0 Å². The van der Waals surface area contributed by atoms with Crippen LogP contribution in [0.2, 0.25) is 0 Å². The lowest BCUT2D eigenvalue weighted by atomic mass is 9.99. The largest absolute Gasteiger partial charge is 0.508 e. The molecule has 2 aromatic rings. The Labute approximate surface area is 192 Å². The Morgan fingerprint density at radius 3 is 1.75 bits per heavy atom. The van der Waals surface area contributed by atoms with E-state index < -0.39 is 6.09 Å². The minimum atomic E-state index is -0.998. The Morgan fingerprint density at radius 2 is 1.25 bits per heavy atom. The van der Waals surface area contributed by atoms with Gasteiger partial charge in [-0.3, -0.25) is 0 Å². The molecule has 0 fully saturated rings. The summed E-state index contributed by atoms with van der Waals surface area (Å²) in [4.78, 5) is 11.3. The predicted octanol–water partition coefficient (Wildman–Crippen LogP) is 8.19. The zero-order valence-corrected chi connectivity index (χ0v) is 19.4. The summed E-state index contributed by atoms with van der Waals surface area (Å²) in [5.41, 5.74) is 0.942. The number of rotatable bonds is 16. The topological polar surface area (TPSA) is 78.8 Å². The Kier molecular flexibility index (Phi) is 12.1. The summed E-state index contributed by atoms with van der Waals surface area (Å²) in [6.07, 6.45) is 13.8. The van der Waals surface area contributed by atoms with Crippen molar-refractivity contribution in [3.05, 3.63) is 54.1 Å². The number of carboxylic acid groups (broad SMARTS) is 1. The number of phenolic OH excluding ortho intramolecular Hbond substituents is 1. The van der Waals surface area contributed by atoms with Crippen LogP contribution in [0.1, 0.15) is 95.6 Å². The van der Waals surface area contributed by atoms with Crippen LogP contribution < -0.4 is 10.1 Å². The summed E-state index contributed by atoms with van der Waals surface area (Å²) in [5.74, 6) is 1.50. The van der Waals surface area contributed by atoms with Gasteiger partial charge in [0.1, 0.15) is 17.2 Å². The molecule has 0 aliphatic carbocycles. The zero-order valence-electron chi connectivity index (χ0n) is 19.4. The van der Waals surface area contributed by atoms with E-state index in [2.05, 4.69) is 12.2 Å². The van der Waals surface area contributed by atoms with E-state index in [1.807, 2.05) is 24.3 Å². The average Bonchev–Trinajstić information content (AvgIpc) is 2.78. The first-order chi connectivity index (χ1) is 15.6. The van der Waals surface area contributed by atoms with Gasteiger partial charge in [0, 0.05) is 0 Å². The molecule has 1 amide bonds. The number of benzene rings is 2. The molecule has 0 heterocycles. The fourth-order valence-corrected chi connectivity index (χ4v) is 3.90. The second-order valence-electron chi connectivity index (χ2n) is 8.49. The van der Waals surface area contributed by atoms with Crippen molar-refractivity contribution in [2.75, 3.05) is 0 Å². The lowest BCUT2D eigenvalue weighted by Crippen LogP contribution is -2.26. The van der Waals surface area contributed by atoms with Crippen LogP contribution in [0.3, 0.4) is 0 Å². The van der Waals surface area contributed by atoms with Crippen molar-refractivity contribution >= 4 is 6.09 Å². The molecule has 0 bridgehead atoms. The molecule has 2 rings (SSSR count). The van der Waals surface area contributed by atoms with E-state index in [4.69, 9.17) is 4.74 Å². The lowest BCUT2D eigenvalue weighted by Gasteiger charge is -2.18. The molecule has 1 atom stereocenters. The van der Waals surface area contributed by atoms with Crippen molar-refractivity contribution in [2.24, 2.45) is 0 Å². The summed E-state index contributed by atoms with van der Waals surface area (Å²) in [5, 5.41) is 21.3. The van der Waals surface area contributed by atoms with Gasteiger partial charge in [-0.05, 0) is 48.4 Å². The second kappa shape index (κ2) is 15.2. The number of aromatic hydroxyl groups is 1. The van der Waals surface area contributed by atoms with E-state index in [9.17, 15) is 15.0 Å². The number of hydrogen-bond donors (Lipinski definition) is 3. The summed E-state index contributed by atoms with van der Waals surface area (Å²) in [7, 11) is 0. The molecule has 0 saturated carbocycles. The molecule has 0 aromatic heterocycles. The smallest absolute Gasteiger partial charge is 0.405 e. The highest BCUT2D eigenvalue weighted by Gasteiger charge is 2.14. The van der Waals surface area contributed by atoms with E-state index in [1.54, 1.807) is 24.3 Å². The maximum Gasteiger partial charge on any atom is 0.405 e. The molecule has 176 valence electrons. The Balaban J connectivity index is 1.71. The molecule has 3 N–H and O–H groups in total. The third-order valence-electron chi connectivity index (χ3n) is 5.75. The van der Waals surface area contributed by atoms with Crippen molar-refractivity contribution in [2.45, 2.75) is 90.0 Å². The molecule has 5 nitrogen and oxygen atoms in total. The number of ether oxygens (including phenoxy) is 1. The normalized spacial score (nSPS) is 11.8. The second-order valence-corrected chi connectivity index (χ2v) is 8.49. The molecule has 0 aliphatic rings. The first-order valence-electron chi connectivity index (χ1n) is 12.1. The van der Waals surface area contributed by atoms with E-state index in [1.165, 1.54) is 57.8 Å². The van der Waals surface area contributed by atoms with Crippen LogP contribution in [0.15, 0.2) is 48.5 Å². The number of amides is 1. The fraction of sp³-hybridized carbons (Fsp3) is 0.519.